The van der Waals surface area contributed by atoms with Crippen LogP contribution in [0.4, 0.5) is 0 Å². The van der Waals surface area contributed by atoms with Crippen LogP contribution < -0.4 is 5.32 Å². The van der Waals surface area contributed by atoms with Crippen LogP contribution in [0.2, 0.25) is 0 Å². The summed E-state index contributed by atoms with van der Waals surface area (Å²) in [7, 11) is 0. The Morgan fingerprint density at radius 2 is 2.04 bits per heavy atom. The molecular weight excluding hydrogens is 286 g/mol. The largest absolute Gasteiger partial charge is 0.356 e. The number of imidazole rings is 1. The molecule has 0 saturated heterocycles. The lowest BCUT2D eigenvalue weighted by molar-refractivity contribution is -0.121. The predicted molar refractivity (Wildman–Crippen MR) is 93.2 cm³/mol. The van der Waals surface area contributed by atoms with Gasteiger partial charge in [0.1, 0.15) is 5.82 Å². The quantitative estimate of drug-likeness (QED) is 0.760. The molecule has 1 aliphatic rings. The average molecular weight is 313 g/mol. The number of aryl methyl sites for hydroxylation is 1. The molecule has 4 heteroatoms. The van der Waals surface area contributed by atoms with Gasteiger partial charge in [0.2, 0.25) is 5.91 Å². The first-order valence-electron chi connectivity index (χ1n) is 9.01. The molecule has 1 saturated carbocycles. The third kappa shape index (κ3) is 4.81. The minimum atomic E-state index is 0.208. The fourth-order valence-electron chi connectivity index (χ4n) is 3.51. The Kier molecular flexibility index (Phi) is 5.67. The van der Waals surface area contributed by atoms with Crippen molar-refractivity contribution in [1.82, 2.24) is 15.3 Å². The maximum atomic E-state index is 11.9. The smallest absolute Gasteiger partial charge is 0.220 e. The molecule has 0 atom stereocenters. The summed E-state index contributed by atoms with van der Waals surface area (Å²) in [5.41, 5.74) is 2.10. The summed E-state index contributed by atoms with van der Waals surface area (Å²) in [4.78, 5) is 19.8. The van der Waals surface area contributed by atoms with Gasteiger partial charge in [0.15, 0.2) is 0 Å². The van der Waals surface area contributed by atoms with Crippen LogP contribution in [0.5, 0.6) is 0 Å². The zero-order valence-corrected chi connectivity index (χ0v) is 13.8. The second-order valence-electron chi connectivity index (χ2n) is 6.70. The number of hydrogen-bond donors (Lipinski definition) is 2. The van der Waals surface area contributed by atoms with E-state index in [2.05, 4.69) is 15.3 Å². The van der Waals surface area contributed by atoms with Crippen molar-refractivity contribution in [3.8, 4) is 0 Å². The summed E-state index contributed by atoms with van der Waals surface area (Å²) in [6.07, 6.45) is 10.3. The monoisotopic (exact) mass is 313 g/mol. The number of carbonyl (C=O) groups is 1. The minimum Gasteiger partial charge on any atom is -0.356 e. The number of carbonyl (C=O) groups excluding carboxylic acids is 1. The predicted octanol–water partition coefficient (Wildman–Crippen LogP) is 3.97. The summed E-state index contributed by atoms with van der Waals surface area (Å²) in [6.45, 7) is 0.737. The molecule has 1 aromatic heterocycles. The Hall–Kier alpha value is -1.84. The Labute approximate surface area is 138 Å². The Bertz CT molecular complexity index is 595. The molecule has 4 nitrogen and oxygen atoms in total. The molecule has 2 N–H and O–H groups in total. The molecule has 0 unspecified atom stereocenters. The zero-order valence-electron chi connectivity index (χ0n) is 13.8. The highest BCUT2D eigenvalue weighted by Crippen LogP contribution is 2.27. The van der Waals surface area contributed by atoms with Crippen molar-refractivity contribution in [1.29, 1.82) is 0 Å². The van der Waals surface area contributed by atoms with E-state index in [1.54, 1.807) is 0 Å². The molecule has 1 aromatic carbocycles. The fraction of sp³-hybridized carbons (Fsp3) is 0.579. The van der Waals surface area contributed by atoms with Crippen LogP contribution in [0.3, 0.4) is 0 Å². The van der Waals surface area contributed by atoms with Crippen LogP contribution >= 0.6 is 0 Å². The number of hydrogen-bond acceptors (Lipinski definition) is 2. The summed E-state index contributed by atoms with van der Waals surface area (Å²) in [5.74, 6) is 1.99. The van der Waals surface area contributed by atoms with Gasteiger partial charge >= 0.3 is 0 Å². The Morgan fingerprint density at radius 3 is 2.87 bits per heavy atom. The Balaban J connectivity index is 1.32. The van der Waals surface area contributed by atoms with Gasteiger partial charge in [-0.3, -0.25) is 4.79 Å². The van der Waals surface area contributed by atoms with E-state index in [-0.39, 0.29) is 5.91 Å². The van der Waals surface area contributed by atoms with Gasteiger partial charge in [0.25, 0.3) is 0 Å². The van der Waals surface area contributed by atoms with E-state index >= 15 is 0 Å². The second kappa shape index (κ2) is 8.14. The number of benzene rings is 1. The molecule has 0 spiro atoms. The van der Waals surface area contributed by atoms with E-state index in [9.17, 15) is 4.79 Å². The lowest BCUT2D eigenvalue weighted by atomic mass is 9.86. The third-order valence-corrected chi connectivity index (χ3v) is 4.86. The maximum absolute atomic E-state index is 11.9. The van der Waals surface area contributed by atoms with Crippen molar-refractivity contribution >= 4 is 16.9 Å². The van der Waals surface area contributed by atoms with E-state index < -0.39 is 0 Å². The van der Waals surface area contributed by atoms with Crippen molar-refractivity contribution in [3.63, 3.8) is 0 Å². The van der Waals surface area contributed by atoms with Gasteiger partial charge in [-0.25, -0.2) is 4.98 Å². The molecule has 1 amide bonds. The number of H-pyrrole nitrogens is 1. The molecule has 0 radical (unpaired) electrons. The lowest BCUT2D eigenvalue weighted by Crippen LogP contribution is -2.25. The Morgan fingerprint density at radius 1 is 1.22 bits per heavy atom. The summed E-state index contributed by atoms with van der Waals surface area (Å²) in [5, 5.41) is 3.05. The van der Waals surface area contributed by atoms with E-state index in [1.807, 2.05) is 24.3 Å². The number of fused-ring (bicyclic) bond motifs is 1. The van der Waals surface area contributed by atoms with Crippen LogP contribution in [0.25, 0.3) is 11.0 Å². The van der Waals surface area contributed by atoms with Crippen molar-refractivity contribution in [2.24, 2.45) is 5.92 Å². The van der Waals surface area contributed by atoms with Gasteiger partial charge in [0, 0.05) is 19.4 Å². The average Bonchev–Trinajstić information content (AvgIpc) is 3.00. The van der Waals surface area contributed by atoms with Crippen molar-refractivity contribution < 1.29 is 4.79 Å². The first-order chi connectivity index (χ1) is 11.3. The number of rotatable bonds is 7. The number of para-hydroxylation sites is 2. The molecule has 124 valence electrons. The summed E-state index contributed by atoms with van der Waals surface area (Å²) >= 11 is 0. The highest BCUT2D eigenvalue weighted by Gasteiger charge is 2.14. The van der Waals surface area contributed by atoms with Gasteiger partial charge in [-0.15, -0.1) is 0 Å². The molecule has 2 aromatic rings. The third-order valence-electron chi connectivity index (χ3n) is 4.86. The van der Waals surface area contributed by atoms with Crippen LogP contribution in [0.15, 0.2) is 24.3 Å². The molecule has 1 heterocycles. The molecule has 1 fully saturated rings. The number of aromatic amines is 1. The van der Waals surface area contributed by atoms with Crippen LogP contribution in [0, 0.1) is 5.92 Å². The highest BCUT2D eigenvalue weighted by molar-refractivity contribution is 5.76. The van der Waals surface area contributed by atoms with Crippen LogP contribution in [-0.2, 0) is 11.2 Å². The van der Waals surface area contributed by atoms with Gasteiger partial charge < -0.3 is 10.3 Å². The maximum Gasteiger partial charge on any atom is 0.220 e. The molecule has 23 heavy (non-hydrogen) atoms. The summed E-state index contributed by atoms with van der Waals surface area (Å²) < 4.78 is 0. The second-order valence-corrected chi connectivity index (χ2v) is 6.70. The number of amides is 1. The number of nitrogens with one attached hydrogen (secondary N) is 2. The molecular formula is C19H27N3O. The van der Waals surface area contributed by atoms with Gasteiger partial charge in [-0.1, -0.05) is 44.2 Å². The first kappa shape index (κ1) is 16.0. The van der Waals surface area contributed by atoms with Gasteiger partial charge in [-0.05, 0) is 30.9 Å². The molecule has 1 aliphatic carbocycles. The van der Waals surface area contributed by atoms with Crippen LogP contribution in [-0.4, -0.2) is 22.4 Å². The first-order valence-corrected chi connectivity index (χ1v) is 9.01. The zero-order chi connectivity index (χ0) is 15.9. The van der Waals surface area contributed by atoms with Gasteiger partial charge in [0.05, 0.1) is 11.0 Å². The highest BCUT2D eigenvalue weighted by atomic mass is 16.1. The van der Waals surface area contributed by atoms with E-state index in [0.717, 1.165) is 48.6 Å². The SMILES string of the molecule is O=C(CCC1CCCCC1)NCCCc1nc2ccccc2[nH]1. The van der Waals surface area contributed by atoms with Crippen molar-refractivity contribution in [2.75, 3.05) is 6.54 Å². The lowest BCUT2D eigenvalue weighted by Gasteiger charge is -2.20. The normalized spacial score (nSPS) is 15.8. The van der Waals surface area contributed by atoms with Crippen molar-refractivity contribution in [2.45, 2.75) is 57.8 Å². The topological polar surface area (TPSA) is 57.8 Å². The number of aromatic nitrogens is 2. The van der Waals surface area contributed by atoms with E-state index in [0.29, 0.717) is 6.42 Å². The molecule has 0 aliphatic heterocycles. The number of nitrogens with zero attached hydrogens (tertiary/aromatic N) is 1. The van der Waals surface area contributed by atoms with Crippen LogP contribution in [0.1, 0.15) is 57.2 Å². The fourth-order valence-corrected chi connectivity index (χ4v) is 3.51. The van der Waals surface area contributed by atoms with E-state index in [4.69, 9.17) is 0 Å². The molecule has 3 rings (SSSR count). The van der Waals surface area contributed by atoms with Gasteiger partial charge in [-0.2, -0.15) is 0 Å². The summed E-state index contributed by atoms with van der Waals surface area (Å²) in [6, 6.07) is 8.07. The standard InChI is InChI=1S/C19H27N3O/c23-19(13-12-15-7-2-1-3-8-15)20-14-6-11-18-21-16-9-4-5-10-17(16)22-18/h4-5,9-10,15H,1-3,6-8,11-14H2,(H,20,23)(H,21,22). The van der Waals surface area contributed by atoms with E-state index in [1.165, 1.54) is 32.1 Å². The minimum absolute atomic E-state index is 0.208. The molecule has 0 bridgehead atoms. The van der Waals surface area contributed by atoms with Crippen molar-refractivity contribution in [3.05, 3.63) is 30.1 Å².